The van der Waals surface area contributed by atoms with E-state index in [1.807, 2.05) is 4.31 Å². The maximum atomic E-state index is 5.66. The van der Waals surface area contributed by atoms with Gasteiger partial charge in [-0.05, 0) is 6.07 Å². The van der Waals surface area contributed by atoms with E-state index < -0.39 is 0 Å². The maximum absolute atomic E-state index is 5.66. The molecule has 0 amide bonds. The van der Waals surface area contributed by atoms with Crippen molar-refractivity contribution in [2.75, 3.05) is 13.1 Å². The minimum atomic E-state index is 0.186. The first-order valence-corrected chi connectivity index (χ1v) is 7.06. The van der Waals surface area contributed by atoms with Crippen LogP contribution in [0.3, 0.4) is 0 Å². The van der Waals surface area contributed by atoms with Gasteiger partial charge in [-0.1, -0.05) is 84.7 Å². The molecule has 0 atom stereocenters. The third-order valence-electron chi connectivity index (χ3n) is 1.79. The molecule has 1 aromatic rings. The van der Waals surface area contributed by atoms with Crippen molar-refractivity contribution in [2.24, 2.45) is 0 Å². The second kappa shape index (κ2) is 8.98. The lowest BCUT2D eigenvalue weighted by molar-refractivity contribution is 0.532. The van der Waals surface area contributed by atoms with E-state index in [2.05, 4.69) is 26.7 Å². The molecule has 98 valence electrons. The van der Waals surface area contributed by atoms with Gasteiger partial charge in [-0.15, -0.1) is 0 Å². The summed E-state index contributed by atoms with van der Waals surface area (Å²) in [5, 5.41) is 1.23. The molecule has 0 fully saturated rings. The van der Waals surface area contributed by atoms with Crippen molar-refractivity contribution >= 4 is 70.8 Å². The molecule has 17 heavy (non-hydrogen) atoms. The first-order chi connectivity index (χ1) is 7.84. The molecule has 1 aromatic carbocycles. The molecule has 7 heteroatoms. The molecule has 1 nitrogen and oxygen atoms in total. The molecule has 0 aliphatic carbocycles. The minimum absolute atomic E-state index is 0.186. The zero-order valence-corrected chi connectivity index (χ0v) is 13.9. The summed E-state index contributed by atoms with van der Waals surface area (Å²) >= 11 is 32.3. The van der Waals surface area contributed by atoms with Crippen molar-refractivity contribution in [2.45, 2.75) is 13.8 Å². The van der Waals surface area contributed by atoms with Gasteiger partial charge in [-0.25, -0.2) is 0 Å². The van der Waals surface area contributed by atoms with E-state index in [4.69, 9.17) is 58.0 Å². The largest absolute Gasteiger partial charge is 0.254 e. The average Bonchev–Trinajstić information content (AvgIpc) is 2.33. The van der Waals surface area contributed by atoms with E-state index in [1.165, 1.54) is 6.07 Å². The molecule has 0 unspecified atom stereocenters. The van der Waals surface area contributed by atoms with Gasteiger partial charge >= 0.3 is 0 Å². The highest BCUT2D eigenvalue weighted by atomic mass is 35.5. The first-order valence-electron chi connectivity index (χ1n) is 4.77. The molecule has 0 saturated carbocycles. The number of hydrogen-bond acceptors (Lipinski definition) is 2. The van der Waals surface area contributed by atoms with Crippen LogP contribution < -0.4 is 0 Å². The van der Waals surface area contributed by atoms with Crippen LogP contribution in [-0.2, 0) is 0 Å². The summed E-state index contributed by atoms with van der Waals surface area (Å²) in [4.78, 5) is 0. The number of hydrogen-bond donors (Lipinski definition) is 1. The Morgan fingerprint density at radius 1 is 0.882 bits per heavy atom. The van der Waals surface area contributed by atoms with Gasteiger partial charge in [0.1, 0.15) is 0 Å². The number of benzene rings is 1. The quantitative estimate of drug-likeness (QED) is 0.379. The van der Waals surface area contributed by atoms with E-state index in [9.17, 15) is 0 Å². The smallest absolute Gasteiger partial charge is 0.0808 e. The number of rotatable bonds is 2. The Hall–Kier alpha value is 0.980. The predicted octanol–water partition coefficient (Wildman–Crippen LogP) is 6.13. The van der Waals surface area contributed by atoms with Crippen LogP contribution in [0.2, 0.25) is 25.1 Å². The van der Waals surface area contributed by atoms with Gasteiger partial charge in [-0.3, -0.25) is 4.31 Å². The molecule has 0 heterocycles. The Morgan fingerprint density at radius 3 is 1.47 bits per heavy atom. The fraction of sp³-hybridized carbons (Fsp3) is 0.400. The van der Waals surface area contributed by atoms with Crippen LogP contribution in [0.4, 0.5) is 0 Å². The second-order valence-corrected chi connectivity index (χ2v) is 5.44. The zero-order chi connectivity index (χ0) is 13.6. The summed E-state index contributed by atoms with van der Waals surface area (Å²) in [6.07, 6.45) is 0. The lowest BCUT2D eigenvalue weighted by atomic mass is 10.3. The molecule has 0 aliphatic rings. The van der Waals surface area contributed by atoms with Crippen molar-refractivity contribution in [1.29, 1.82) is 0 Å². The lowest BCUT2D eigenvalue weighted by Gasteiger charge is -2.05. The third-order valence-corrected chi connectivity index (χ3v) is 4.50. The standard InChI is InChI=1S/C6HCl5.C4H11NS/c7-2-1-3(8)5(10)6(11)4(2)9;1-3-5(6)4-2/h1H;6H,3-4H2,1-2H3. The van der Waals surface area contributed by atoms with Gasteiger partial charge in [0.15, 0.2) is 0 Å². The van der Waals surface area contributed by atoms with Crippen molar-refractivity contribution in [3.63, 3.8) is 0 Å². The van der Waals surface area contributed by atoms with E-state index >= 15 is 0 Å². The van der Waals surface area contributed by atoms with Gasteiger partial charge in [-0.2, -0.15) is 0 Å². The SMILES string of the molecule is CCN(S)CC.Clc1cc(Cl)c(Cl)c(Cl)c1Cl. The van der Waals surface area contributed by atoms with E-state index in [1.54, 1.807) is 0 Å². The van der Waals surface area contributed by atoms with Crippen LogP contribution in [0.25, 0.3) is 0 Å². The van der Waals surface area contributed by atoms with Crippen molar-refractivity contribution < 1.29 is 0 Å². The van der Waals surface area contributed by atoms with E-state index in [0.29, 0.717) is 10.0 Å². The van der Waals surface area contributed by atoms with Crippen LogP contribution in [0, 0.1) is 0 Å². The number of nitrogens with zero attached hydrogens (tertiary/aromatic N) is 1. The second-order valence-electron chi connectivity index (χ2n) is 2.92. The Kier molecular flexibility index (Phi) is 9.49. The Morgan fingerprint density at radius 2 is 1.24 bits per heavy atom. The van der Waals surface area contributed by atoms with Crippen LogP contribution in [-0.4, -0.2) is 17.4 Å². The van der Waals surface area contributed by atoms with Gasteiger partial charge in [0.05, 0.1) is 25.1 Å². The summed E-state index contributed by atoms with van der Waals surface area (Å²) in [5.74, 6) is 0. The molecule has 0 aliphatic heterocycles. The van der Waals surface area contributed by atoms with Gasteiger partial charge in [0, 0.05) is 13.1 Å². The fourth-order valence-corrected chi connectivity index (χ4v) is 1.88. The van der Waals surface area contributed by atoms with Gasteiger partial charge in [0.2, 0.25) is 0 Å². The van der Waals surface area contributed by atoms with E-state index in [0.717, 1.165) is 13.1 Å². The summed E-state index contributed by atoms with van der Waals surface area (Å²) in [6.45, 7) is 6.21. The van der Waals surface area contributed by atoms with Crippen molar-refractivity contribution in [1.82, 2.24) is 4.31 Å². The summed E-state index contributed by atoms with van der Waals surface area (Å²) < 4.78 is 1.94. The van der Waals surface area contributed by atoms with Crippen molar-refractivity contribution in [3.05, 3.63) is 31.2 Å². The summed E-state index contributed by atoms with van der Waals surface area (Å²) in [7, 11) is 0. The molecular weight excluding hydrogens is 343 g/mol. The fourth-order valence-electron chi connectivity index (χ4n) is 0.768. The molecular formula is C10H12Cl5NS. The van der Waals surface area contributed by atoms with Gasteiger partial charge < -0.3 is 0 Å². The molecule has 0 aromatic heterocycles. The Balaban J connectivity index is 0.000000366. The Labute approximate surface area is 132 Å². The Bertz CT molecular complexity index is 342. The van der Waals surface area contributed by atoms with Gasteiger partial charge in [0.25, 0.3) is 0 Å². The highest BCUT2D eigenvalue weighted by Gasteiger charge is 2.10. The van der Waals surface area contributed by atoms with E-state index in [-0.39, 0.29) is 15.1 Å². The first kappa shape index (κ1) is 18.0. The third kappa shape index (κ3) is 6.11. The molecule has 0 saturated heterocycles. The highest BCUT2D eigenvalue weighted by Crippen LogP contribution is 2.40. The summed E-state index contributed by atoms with van der Waals surface area (Å²) in [6, 6.07) is 1.44. The number of halogens is 5. The van der Waals surface area contributed by atoms with Crippen molar-refractivity contribution in [3.8, 4) is 0 Å². The zero-order valence-electron chi connectivity index (χ0n) is 9.28. The molecule has 0 radical (unpaired) electrons. The molecule has 1 rings (SSSR count). The van der Waals surface area contributed by atoms with Crippen LogP contribution in [0.1, 0.15) is 13.8 Å². The topological polar surface area (TPSA) is 3.24 Å². The summed E-state index contributed by atoms with van der Waals surface area (Å²) in [5.41, 5.74) is 0. The molecule has 0 spiro atoms. The highest BCUT2D eigenvalue weighted by molar-refractivity contribution is 7.77. The number of thiol groups is 1. The average molecular weight is 356 g/mol. The maximum Gasteiger partial charge on any atom is 0.0808 e. The van der Waals surface area contributed by atoms with Crippen LogP contribution in [0.15, 0.2) is 6.07 Å². The predicted molar refractivity (Wildman–Crippen MR) is 83.4 cm³/mol. The lowest BCUT2D eigenvalue weighted by Crippen LogP contribution is -2.08. The van der Waals surface area contributed by atoms with Crippen LogP contribution in [0.5, 0.6) is 0 Å². The molecule has 0 N–H and O–H groups in total. The minimum Gasteiger partial charge on any atom is -0.254 e. The monoisotopic (exact) mass is 353 g/mol. The van der Waals surface area contributed by atoms with Crippen LogP contribution >= 0.6 is 70.8 Å². The normalized spacial score (nSPS) is 10.2. The molecule has 0 bridgehead atoms.